The van der Waals surface area contributed by atoms with Gasteiger partial charge in [0.25, 0.3) is 5.91 Å². The lowest BCUT2D eigenvalue weighted by Crippen LogP contribution is -2.12. The van der Waals surface area contributed by atoms with Crippen molar-refractivity contribution >= 4 is 11.6 Å². The molecule has 0 aliphatic rings. The molecule has 0 bridgehead atoms. The minimum atomic E-state index is -0.124. The fourth-order valence-electron chi connectivity index (χ4n) is 2.32. The van der Waals surface area contributed by atoms with Crippen LogP contribution in [0.4, 0.5) is 5.69 Å². The summed E-state index contributed by atoms with van der Waals surface area (Å²) in [4.78, 5) is 12.4. The Morgan fingerprint density at radius 2 is 1.79 bits per heavy atom. The van der Waals surface area contributed by atoms with E-state index in [9.17, 15) is 4.79 Å². The lowest BCUT2D eigenvalue weighted by molar-refractivity contribution is 0.102. The normalized spacial score (nSPS) is 12.0. The number of hydrogen-bond acceptors (Lipinski definition) is 2. The summed E-state index contributed by atoms with van der Waals surface area (Å²) in [5.74, 6) is 1.58. The first-order valence-corrected chi connectivity index (χ1v) is 8.63. The number of hydrogen-bond donors (Lipinski definition) is 1. The summed E-state index contributed by atoms with van der Waals surface area (Å²) in [6.07, 6.45) is 1.11. The second-order valence-corrected chi connectivity index (χ2v) is 6.62. The van der Waals surface area contributed by atoms with Gasteiger partial charge in [0.05, 0.1) is 6.61 Å². The van der Waals surface area contributed by atoms with E-state index in [2.05, 4.69) is 45.1 Å². The van der Waals surface area contributed by atoms with Crippen molar-refractivity contribution in [3.8, 4) is 5.75 Å². The zero-order chi connectivity index (χ0) is 17.5. The van der Waals surface area contributed by atoms with Gasteiger partial charge in [-0.05, 0) is 54.2 Å². The number of benzene rings is 2. The van der Waals surface area contributed by atoms with Crippen molar-refractivity contribution in [3.05, 3.63) is 59.7 Å². The molecule has 0 heterocycles. The number of ether oxygens (including phenoxy) is 1. The number of amides is 1. The zero-order valence-electron chi connectivity index (χ0n) is 15.0. The highest BCUT2D eigenvalue weighted by atomic mass is 16.5. The number of anilines is 1. The maximum absolute atomic E-state index is 12.4. The first kappa shape index (κ1) is 18.1. The van der Waals surface area contributed by atoms with Crippen molar-refractivity contribution in [2.75, 3.05) is 11.9 Å². The van der Waals surface area contributed by atoms with Gasteiger partial charge in [0.2, 0.25) is 0 Å². The van der Waals surface area contributed by atoms with E-state index in [-0.39, 0.29) is 5.91 Å². The van der Waals surface area contributed by atoms with Crippen molar-refractivity contribution in [1.29, 1.82) is 0 Å². The van der Waals surface area contributed by atoms with Crippen LogP contribution in [0.3, 0.4) is 0 Å². The highest BCUT2D eigenvalue weighted by Crippen LogP contribution is 2.21. The predicted molar refractivity (Wildman–Crippen MR) is 99.9 cm³/mol. The van der Waals surface area contributed by atoms with Gasteiger partial charge in [-0.2, -0.15) is 0 Å². The molecule has 3 heteroatoms. The predicted octanol–water partition coefficient (Wildman–Crippen LogP) is 5.49. The van der Waals surface area contributed by atoms with Crippen molar-refractivity contribution in [2.45, 2.75) is 40.0 Å². The van der Waals surface area contributed by atoms with Crippen LogP contribution in [0, 0.1) is 5.92 Å². The van der Waals surface area contributed by atoms with E-state index in [0.717, 1.165) is 17.9 Å². The summed E-state index contributed by atoms with van der Waals surface area (Å²) in [6.45, 7) is 9.21. The summed E-state index contributed by atoms with van der Waals surface area (Å²) in [5.41, 5.74) is 2.70. The molecule has 0 saturated heterocycles. The molecule has 1 N–H and O–H groups in total. The molecule has 3 nitrogen and oxygen atoms in total. The van der Waals surface area contributed by atoms with Crippen LogP contribution < -0.4 is 10.1 Å². The standard InChI is InChI=1S/C21H27NO2/c1-5-16(4)17-9-11-19(12-10-17)22-21(23)18-7-6-8-20(13-18)24-14-15(2)3/h6-13,15-16H,5,14H2,1-4H3,(H,22,23). The molecule has 0 fully saturated rings. The average molecular weight is 325 g/mol. The van der Waals surface area contributed by atoms with Gasteiger partial charge in [-0.25, -0.2) is 0 Å². The van der Waals surface area contributed by atoms with Crippen LogP contribution in [0.15, 0.2) is 48.5 Å². The summed E-state index contributed by atoms with van der Waals surface area (Å²) in [5, 5.41) is 2.94. The van der Waals surface area contributed by atoms with E-state index in [1.54, 1.807) is 12.1 Å². The Bertz CT molecular complexity index is 662. The van der Waals surface area contributed by atoms with Crippen LogP contribution in [-0.2, 0) is 0 Å². The van der Waals surface area contributed by atoms with Gasteiger partial charge in [0.15, 0.2) is 0 Å². The molecule has 0 aliphatic carbocycles. The van der Waals surface area contributed by atoms with Crippen LogP contribution in [0.2, 0.25) is 0 Å². The Morgan fingerprint density at radius 1 is 1.08 bits per heavy atom. The van der Waals surface area contributed by atoms with E-state index in [1.165, 1.54) is 5.56 Å². The maximum Gasteiger partial charge on any atom is 0.255 e. The largest absolute Gasteiger partial charge is 0.493 e. The van der Waals surface area contributed by atoms with Crippen LogP contribution in [0.5, 0.6) is 5.75 Å². The fourth-order valence-corrected chi connectivity index (χ4v) is 2.32. The molecular weight excluding hydrogens is 298 g/mol. The minimum Gasteiger partial charge on any atom is -0.493 e. The van der Waals surface area contributed by atoms with E-state index in [4.69, 9.17) is 4.74 Å². The van der Waals surface area contributed by atoms with E-state index in [1.807, 2.05) is 24.3 Å². The van der Waals surface area contributed by atoms with Crippen LogP contribution in [0.1, 0.15) is 56.0 Å². The quantitative estimate of drug-likeness (QED) is 0.731. The third kappa shape index (κ3) is 5.12. The average Bonchev–Trinajstić information content (AvgIpc) is 2.60. The lowest BCUT2D eigenvalue weighted by Gasteiger charge is -2.12. The van der Waals surface area contributed by atoms with Crippen molar-refractivity contribution in [3.63, 3.8) is 0 Å². The van der Waals surface area contributed by atoms with Gasteiger partial charge < -0.3 is 10.1 Å². The first-order chi connectivity index (χ1) is 11.5. The van der Waals surface area contributed by atoms with Gasteiger partial charge in [-0.1, -0.05) is 45.9 Å². The van der Waals surface area contributed by atoms with Crippen molar-refractivity contribution < 1.29 is 9.53 Å². The monoisotopic (exact) mass is 325 g/mol. The number of rotatable bonds is 7. The highest BCUT2D eigenvalue weighted by Gasteiger charge is 2.09. The van der Waals surface area contributed by atoms with Gasteiger partial charge in [0, 0.05) is 11.3 Å². The molecule has 0 aliphatic heterocycles. The van der Waals surface area contributed by atoms with Crippen molar-refractivity contribution in [2.24, 2.45) is 5.92 Å². The highest BCUT2D eigenvalue weighted by molar-refractivity contribution is 6.04. The molecule has 0 saturated carbocycles. The molecule has 24 heavy (non-hydrogen) atoms. The Balaban J connectivity index is 2.02. The molecule has 1 unspecified atom stereocenters. The maximum atomic E-state index is 12.4. The van der Waals surface area contributed by atoms with Gasteiger partial charge in [-0.15, -0.1) is 0 Å². The summed E-state index contributed by atoms with van der Waals surface area (Å²) in [7, 11) is 0. The fraction of sp³-hybridized carbons (Fsp3) is 0.381. The van der Waals surface area contributed by atoms with E-state index < -0.39 is 0 Å². The molecule has 2 rings (SSSR count). The van der Waals surface area contributed by atoms with Gasteiger partial charge in [0.1, 0.15) is 5.75 Å². The Hall–Kier alpha value is -2.29. The van der Waals surface area contributed by atoms with E-state index >= 15 is 0 Å². The van der Waals surface area contributed by atoms with E-state index in [0.29, 0.717) is 24.0 Å². The summed E-state index contributed by atoms with van der Waals surface area (Å²) >= 11 is 0. The second-order valence-electron chi connectivity index (χ2n) is 6.62. The molecule has 1 atom stereocenters. The van der Waals surface area contributed by atoms with Crippen molar-refractivity contribution in [1.82, 2.24) is 0 Å². The second kappa shape index (κ2) is 8.53. The van der Waals surface area contributed by atoms with Crippen LogP contribution >= 0.6 is 0 Å². The Morgan fingerprint density at radius 3 is 2.42 bits per heavy atom. The lowest BCUT2D eigenvalue weighted by atomic mass is 9.98. The van der Waals surface area contributed by atoms with Crippen LogP contribution in [0.25, 0.3) is 0 Å². The smallest absolute Gasteiger partial charge is 0.255 e. The molecule has 0 aromatic heterocycles. The molecule has 2 aromatic rings. The molecular formula is C21H27NO2. The third-order valence-corrected chi connectivity index (χ3v) is 4.03. The topological polar surface area (TPSA) is 38.3 Å². The minimum absolute atomic E-state index is 0.124. The SMILES string of the molecule is CCC(C)c1ccc(NC(=O)c2cccc(OCC(C)C)c2)cc1. The number of carbonyl (C=O) groups is 1. The zero-order valence-corrected chi connectivity index (χ0v) is 15.0. The van der Waals surface area contributed by atoms with Gasteiger partial charge >= 0.3 is 0 Å². The molecule has 1 amide bonds. The molecule has 128 valence electrons. The number of nitrogens with one attached hydrogen (secondary N) is 1. The third-order valence-electron chi connectivity index (χ3n) is 4.03. The molecule has 2 aromatic carbocycles. The summed E-state index contributed by atoms with van der Waals surface area (Å²) < 4.78 is 5.68. The van der Waals surface area contributed by atoms with Gasteiger partial charge in [-0.3, -0.25) is 4.79 Å². The molecule has 0 spiro atoms. The first-order valence-electron chi connectivity index (χ1n) is 8.63. The molecule has 0 radical (unpaired) electrons. The number of carbonyl (C=O) groups excluding carboxylic acids is 1. The van der Waals surface area contributed by atoms with Crippen LogP contribution in [-0.4, -0.2) is 12.5 Å². The summed E-state index contributed by atoms with van der Waals surface area (Å²) in [6, 6.07) is 15.4. The Labute approximate surface area is 145 Å². The Kier molecular flexibility index (Phi) is 6.42.